The van der Waals surface area contributed by atoms with E-state index in [1.165, 1.54) is 64.2 Å². The van der Waals surface area contributed by atoms with E-state index in [0.717, 1.165) is 6.04 Å². The quantitative estimate of drug-likeness (QED) is 0.0751. The summed E-state index contributed by atoms with van der Waals surface area (Å²) in [6.45, 7) is 42.2. The van der Waals surface area contributed by atoms with E-state index in [-0.39, 0.29) is 89.1 Å². The lowest BCUT2D eigenvalue weighted by atomic mass is 10.1. The standard InChI is InChI=1S/C21H52O3Si4.C9H28O3Si4.12CH4/c1-11-12-13-14-15-16-17-18-19-20-21-28(10,23-26(5,6)7)24-27(8,9)22-25(2,3)4;1-13(10-14(2,3)4)11-16(8,9)12-15(5,6)7;;;;;;;;;;;;/h11-21H2,1-10H3;13H,1-9H3;12*1H4. The Kier molecular flexibility index (Phi) is 74.8. The zero-order chi connectivity index (χ0) is 35.1. The molecular formula is C42H128O6Si8. The van der Waals surface area contributed by atoms with Gasteiger partial charge in [0.05, 0.1) is 0 Å². The molecule has 14 heteroatoms. The van der Waals surface area contributed by atoms with Crippen LogP contribution < -0.4 is 0 Å². The van der Waals surface area contributed by atoms with Gasteiger partial charge < -0.3 is 24.7 Å². The second-order valence-corrected chi connectivity index (χ2v) is 49.1. The Labute approximate surface area is 375 Å². The van der Waals surface area contributed by atoms with E-state index >= 15 is 0 Å². The van der Waals surface area contributed by atoms with Crippen molar-refractivity contribution in [1.82, 2.24) is 0 Å². The van der Waals surface area contributed by atoms with E-state index in [9.17, 15) is 0 Å². The summed E-state index contributed by atoms with van der Waals surface area (Å²) in [7, 11) is -14.0. The molecule has 0 N–H and O–H groups in total. The predicted molar refractivity (Wildman–Crippen MR) is 297 cm³/mol. The Morgan fingerprint density at radius 3 is 0.893 bits per heavy atom. The van der Waals surface area contributed by atoms with Gasteiger partial charge in [-0.25, -0.2) is 0 Å². The van der Waals surface area contributed by atoms with Crippen molar-refractivity contribution in [3.05, 3.63) is 0 Å². The third-order valence-corrected chi connectivity index (χ3v) is 31.8. The van der Waals surface area contributed by atoms with Gasteiger partial charge in [0.2, 0.25) is 0 Å². The molecule has 0 aliphatic heterocycles. The van der Waals surface area contributed by atoms with Crippen molar-refractivity contribution in [3.63, 3.8) is 0 Å². The van der Waals surface area contributed by atoms with Crippen LogP contribution in [0.5, 0.6) is 0 Å². The minimum atomic E-state index is -2.19. The molecular weight excluding hydrogens is 825 g/mol. The molecule has 6 nitrogen and oxygen atoms in total. The van der Waals surface area contributed by atoms with Gasteiger partial charge in [-0.2, -0.15) is 0 Å². The number of hydrogen-bond acceptors (Lipinski definition) is 6. The van der Waals surface area contributed by atoms with Crippen molar-refractivity contribution in [3.8, 4) is 0 Å². The molecule has 0 aromatic carbocycles. The minimum absolute atomic E-state index is 0. The van der Waals surface area contributed by atoms with Crippen LogP contribution in [0.1, 0.15) is 160 Å². The van der Waals surface area contributed by atoms with Crippen molar-refractivity contribution in [2.24, 2.45) is 0 Å². The Morgan fingerprint density at radius 2 is 0.607 bits per heavy atom. The summed E-state index contributed by atoms with van der Waals surface area (Å²) >= 11 is 0. The lowest BCUT2D eigenvalue weighted by Crippen LogP contribution is -2.56. The highest BCUT2D eigenvalue weighted by Crippen LogP contribution is 2.28. The van der Waals surface area contributed by atoms with Crippen LogP contribution in [0.25, 0.3) is 0 Å². The fourth-order valence-electron chi connectivity index (χ4n) is 5.67. The Hall–Kier alpha value is 1.50. The van der Waals surface area contributed by atoms with Gasteiger partial charge in [-0.3, -0.25) is 0 Å². The molecule has 0 rings (SSSR count). The number of rotatable bonds is 23. The Morgan fingerprint density at radius 1 is 0.321 bits per heavy atom. The molecule has 2 unspecified atom stereocenters. The Bertz CT molecular complexity index is 752. The molecule has 0 heterocycles. The van der Waals surface area contributed by atoms with Crippen LogP contribution in [0.15, 0.2) is 0 Å². The lowest BCUT2D eigenvalue weighted by molar-refractivity contribution is 0.321. The van der Waals surface area contributed by atoms with E-state index in [0.29, 0.717) is 0 Å². The maximum Gasteiger partial charge on any atom is 0.315 e. The molecule has 364 valence electrons. The largest absolute Gasteiger partial charge is 0.439 e. The van der Waals surface area contributed by atoms with E-state index < -0.39 is 68.2 Å². The SMILES string of the molecule is C.C.C.C.C.C.C.C.C.C.C.C.CCCCCCCCCCCC[Si](C)(O[Si](C)(C)C)O[Si](C)(C)O[Si](C)(C)C.C[SiH](O[Si](C)(C)C)O[Si](C)(C)O[Si](C)(C)C. The summed E-state index contributed by atoms with van der Waals surface area (Å²) in [5.74, 6) is 0. The predicted octanol–water partition coefficient (Wildman–Crippen LogP) is 19.3. The molecule has 2 atom stereocenters. The minimum Gasteiger partial charge on any atom is -0.439 e. The fraction of sp³-hybridized carbons (Fsp3) is 1.00. The van der Waals surface area contributed by atoms with Crippen molar-refractivity contribution in [2.45, 2.75) is 284 Å². The highest BCUT2D eigenvalue weighted by Gasteiger charge is 2.44. The molecule has 0 saturated heterocycles. The summed E-state index contributed by atoms with van der Waals surface area (Å²) in [6, 6.07) is 1.11. The van der Waals surface area contributed by atoms with Crippen LogP contribution in [0.3, 0.4) is 0 Å². The summed E-state index contributed by atoms with van der Waals surface area (Å²) in [5.41, 5.74) is 0. The van der Waals surface area contributed by atoms with Crippen molar-refractivity contribution in [1.29, 1.82) is 0 Å². The van der Waals surface area contributed by atoms with Crippen LogP contribution in [-0.4, -0.2) is 68.2 Å². The van der Waals surface area contributed by atoms with Gasteiger partial charge in [-0.15, -0.1) is 0 Å². The molecule has 0 spiro atoms. The average Bonchev–Trinajstić information content (AvgIpc) is 2.67. The van der Waals surface area contributed by atoms with Gasteiger partial charge >= 0.3 is 25.7 Å². The van der Waals surface area contributed by atoms with Gasteiger partial charge in [0, 0.05) is 0 Å². The maximum absolute atomic E-state index is 6.76. The molecule has 0 radical (unpaired) electrons. The summed E-state index contributed by atoms with van der Waals surface area (Å²) in [5, 5.41) is 0. The van der Waals surface area contributed by atoms with Crippen LogP contribution in [0.2, 0.25) is 124 Å². The molecule has 0 aromatic rings. The molecule has 0 bridgehead atoms. The van der Waals surface area contributed by atoms with Gasteiger partial charge in [0.25, 0.3) is 9.28 Å². The summed E-state index contributed by atoms with van der Waals surface area (Å²) in [6.07, 6.45) is 13.7. The zero-order valence-corrected chi connectivity index (χ0v) is 41.5. The third kappa shape index (κ3) is 70.1. The van der Waals surface area contributed by atoms with Crippen molar-refractivity contribution in [2.75, 3.05) is 0 Å². The summed E-state index contributed by atoms with van der Waals surface area (Å²) in [4.78, 5) is 0. The van der Waals surface area contributed by atoms with Crippen LogP contribution in [-0.2, 0) is 24.7 Å². The summed E-state index contributed by atoms with van der Waals surface area (Å²) < 4.78 is 38.2. The van der Waals surface area contributed by atoms with Crippen LogP contribution in [0.4, 0.5) is 0 Å². The van der Waals surface area contributed by atoms with Crippen LogP contribution in [0, 0.1) is 0 Å². The molecule has 0 fully saturated rings. The van der Waals surface area contributed by atoms with Gasteiger partial charge in [-0.1, -0.05) is 160 Å². The molecule has 0 aliphatic carbocycles. The van der Waals surface area contributed by atoms with Crippen molar-refractivity contribution >= 4 is 68.2 Å². The van der Waals surface area contributed by atoms with E-state index in [1.807, 2.05) is 0 Å². The van der Waals surface area contributed by atoms with E-state index in [2.05, 4.69) is 125 Å². The number of hydrogen-bond donors (Lipinski definition) is 0. The maximum atomic E-state index is 6.76. The first-order valence-electron chi connectivity index (χ1n) is 17.7. The average molecular weight is 954 g/mol. The highest BCUT2D eigenvalue weighted by atomic mass is 28.5. The first-order chi connectivity index (χ1) is 19.5. The lowest BCUT2D eigenvalue weighted by Gasteiger charge is -2.41. The molecule has 56 heavy (non-hydrogen) atoms. The third-order valence-electron chi connectivity index (χ3n) is 6.04. The second kappa shape index (κ2) is 43.2. The molecule has 0 saturated carbocycles. The zero-order valence-electron chi connectivity index (χ0n) is 33.3. The van der Waals surface area contributed by atoms with Crippen LogP contribution >= 0.6 is 0 Å². The van der Waals surface area contributed by atoms with Gasteiger partial charge in [0.1, 0.15) is 0 Å². The van der Waals surface area contributed by atoms with Gasteiger partial charge in [-0.05, 0) is 124 Å². The Balaban J connectivity index is -0.0000000469. The van der Waals surface area contributed by atoms with Gasteiger partial charge in [0.15, 0.2) is 33.3 Å². The first kappa shape index (κ1) is 97.0. The molecule has 0 amide bonds. The normalized spacial score (nSPS) is 12.5. The smallest absolute Gasteiger partial charge is 0.315 e. The van der Waals surface area contributed by atoms with E-state index in [1.54, 1.807) is 0 Å². The molecule has 0 aliphatic rings. The molecule has 0 aromatic heterocycles. The monoisotopic (exact) mass is 953 g/mol. The fourth-order valence-corrected chi connectivity index (χ4v) is 38.0. The topological polar surface area (TPSA) is 55.4 Å². The number of unbranched alkanes of at least 4 members (excludes halogenated alkanes) is 9. The highest BCUT2D eigenvalue weighted by molar-refractivity contribution is 6.89. The van der Waals surface area contributed by atoms with E-state index in [4.69, 9.17) is 24.7 Å². The second-order valence-electron chi connectivity index (χ2n) is 17.5. The first-order valence-corrected chi connectivity index (χ1v) is 41.5. The van der Waals surface area contributed by atoms with Crippen molar-refractivity contribution < 1.29 is 24.7 Å².